The van der Waals surface area contributed by atoms with Crippen LogP contribution in [0.2, 0.25) is 0 Å². The number of piperidine rings is 1. The number of hydrogen-bond donors (Lipinski definition) is 0. The molecule has 2 aliphatic heterocycles. The smallest absolute Gasteiger partial charge is 0.243 e. The van der Waals surface area contributed by atoms with Gasteiger partial charge in [-0.1, -0.05) is 11.8 Å². The quantitative estimate of drug-likeness (QED) is 0.731. The molecule has 1 aromatic heterocycles. The third-order valence-corrected chi connectivity index (χ3v) is 8.28. The monoisotopic (exact) mass is 393 g/mol. The molecule has 0 spiro atoms. The maximum atomic E-state index is 12.9. The lowest BCUT2D eigenvalue weighted by Gasteiger charge is -2.31. The molecule has 3 heterocycles. The number of rotatable bonds is 5. The Bertz CT molecular complexity index is 887. The highest BCUT2D eigenvalue weighted by Crippen LogP contribution is 2.31. The molecule has 1 aromatic carbocycles. The third kappa shape index (κ3) is 3.50. The molecule has 0 radical (unpaired) electrons. The number of benzene rings is 1. The van der Waals surface area contributed by atoms with Crippen molar-refractivity contribution in [1.29, 1.82) is 0 Å². The Kier molecular flexibility index (Phi) is 4.98. The molecule has 0 bridgehead atoms. The van der Waals surface area contributed by atoms with Crippen LogP contribution >= 0.6 is 11.8 Å². The van der Waals surface area contributed by atoms with Crippen LogP contribution in [0.3, 0.4) is 0 Å². The van der Waals surface area contributed by atoms with Gasteiger partial charge in [0.25, 0.3) is 0 Å². The van der Waals surface area contributed by atoms with Crippen molar-refractivity contribution in [3.8, 4) is 5.75 Å². The van der Waals surface area contributed by atoms with Crippen LogP contribution in [0.25, 0.3) is 0 Å². The molecule has 140 valence electrons. The van der Waals surface area contributed by atoms with E-state index in [-0.39, 0.29) is 0 Å². The fourth-order valence-electron chi connectivity index (χ4n) is 3.47. The molecule has 26 heavy (non-hydrogen) atoms. The molecule has 0 unspecified atom stereocenters. The Hall–Kier alpha value is -1.51. The average molecular weight is 394 g/mol. The van der Waals surface area contributed by atoms with Gasteiger partial charge < -0.3 is 9.30 Å². The van der Waals surface area contributed by atoms with E-state index in [4.69, 9.17) is 4.74 Å². The van der Waals surface area contributed by atoms with Crippen LogP contribution < -0.4 is 4.74 Å². The minimum atomic E-state index is -3.42. The van der Waals surface area contributed by atoms with E-state index in [1.807, 2.05) is 17.8 Å². The van der Waals surface area contributed by atoms with Crippen molar-refractivity contribution in [3.63, 3.8) is 0 Å². The molecule has 0 atom stereocenters. The lowest BCUT2D eigenvalue weighted by molar-refractivity contribution is 0.291. The summed E-state index contributed by atoms with van der Waals surface area (Å²) in [6.45, 7) is 1.81. The number of imidazole rings is 1. The van der Waals surface area contributed by atoms with Crippen LogP contribution in [-0.4, -0.2) is 47.7 Å². The summed E-state index contributed by atoms with van der Waals surface area (Å²) in [6, 6.07) is 5.23. The average Bonchev–Trinajstić information content (AvgIpc) is 3.28. The molecule has 6 nitrogen and oxygen atoms in total. The van der Waals surface area contributed by atoms with Crippen molar-refractivity contribution in [2.75, 3.05) is 25.4 Å². The lowest BCUT2D eigenvalue weighted by Crippen LogP contribution is -2.39. The van der Waals surface area contributed by atoms with Gasteiger partial charge in [0.15, 0.2) is 5.16 Å². The van der Waals surface area contributed by atoms with Crippen molar-refractivity contribution in [2.45, 2.75) is 29.3 Å². The summed E-state index contributed by atoms with van der Waals surface area (Å²) in [5.74, 6) is 2.32. The molecule has 0 N–H and O–H groups in total. The van der Waals surface area contributed by atoms with Gasteiger partial charge in [-0.25, -0.2) is 13.4 Å². The highest BCUT2D eigenvalue weighted by Gasteiger charge is 2.30. The first kappa shape index (κ1) is 17.9. The molecule has 4 rings (SSSR count). The van der Waals surface area contributed by atoms with Crippen LogP contribution in [0.5, 0.6) is 5.75 Å². The fraction of sp³-hybridized carbons (Fsp3) is 0.500. The fourth-order valence-corrected chi connectivity index (χ4v) is 6.11. The first-order valence-corrected chi connectivity index (χ1v) is 11.3. The van der Waals surface area contributed by atoms with Crippen LogP contribution in [-0.2, 0) is 23.5 Å². The molecule has 1 saturated heterocycles. The van der Waals surface area contributed by atoms with Gasteiger partial charge in [0, 0.05) is 44.7 Å². The summed E-state index contributed by atoms with van der Waals surface area (Å²) < 4.78 is 35.0. The van der Waals surface area contributed by atoms with Crippen molar-refractivity contribution in [2.24, 2.45) is 13.0 Å². The van der Waals surface area contributed by atoms with Gasteiger partial charge in [-0.15, -0.1) is 0 Å². The number of ether oxygens (including phenoxy) is 1. The molecule has 8 heteroatoms. The zero-order valence-electron chi connectivity index (χ0n) is 14.8. The van der Waals surface area contributed by atoms with E-state index in [0.29, 0.717) is 30.5 Å². The summed E-state index contributed by atoms with van der Waals surface area (Å²) >= 11 is 1.75. The van der Waals surface area contributed by atoms with Crippen molar-refractivity contribution < 1.29 is 13.2 Å². The minimum Gasteiger partial charge on any atom is -0.493 e. The van der Waals surface area contributed by atoms with Crippen LogP contribution in [0.15, 0.2) is 40.6 Å². The van der Waals surface area contributed by atoms with E-state index in [9.17, 15) is 8.42 Å². The highest BCUT2D eigenvalue weighted by molar-refractivity contribution is 7.99. The standard InChI is InChI=1S/C18H23N3O3S2/c1-20-10-7-19-18(20)25-13-14-4-8-21(9-5-14)26(22,23)16-2-3-17-15(12-16)6-11-24-17/h2-3,7,10,12,14H,4-6,8-9,11,13H2,1H3. The number of sulfonamides is 1. The molecule has 1 fully saturated rings. The van der Waals surface area contributed by atoms with E-state index in [1.165, 1.54) is 0 Å². The number of aryl methyl sites for hydroxylation is 1. The number of aromatic nitrogens is 2. The number of thioether (sulfide) groups is 1. The van der Waals surface area contributed by atoms with Crippen molar-refractivity contribution >= 4 is 21.8 Å². The van der Waals surface area contributed by atoms with Crippen LogP contribution in [0, 0.1) is 5.92 Å². The Morgan fingerprint density at radius 3 is 2.85 bits per heavy atom. The third-order valence-electron chi connectivity index (χ3n) is 5.10. The van der Waals surface area contributed by atoms with E-state index >= 15 is 0 Å². The number of hydrogen-bond acceptors (Lipinski definition) is 5. The van der Waals surface area contributed by atoms with E-state index in [1.54, 1.807) is 40.5 Å². The topological polar surface area (TPSA) is 64.4 Å². The van der Waals surface area contributed by atoms with Gasteiger partial charge in [-0.3, -0.25) is 0 Å². The zero-order valence-corrected chi connectivity index (χ0v) is 16.4. The summed E-state index contributed by atoms with van der Waals surface area (Å²) in [5, 5.41) is 1.01. The van der Waals surface area contributed by atoms with E-state index in [2.05, 4.69) is 4.98 Å². The molecular formula is C18H23N3O3S2. The van der Waals surface area contributed by atoms with Gasteiger partial charge in [0.1, 0.15) is 5.75 Å². The maximum absolute atomic E-state index is 12.9. The second kappa shape index (κ2) is 7.25. The van der Waals surface area contributed by atoms with Gasteiger partial charge >= 0.3 is 0 Å². The lowest BCUT2D eigenvalue weighted by atomic mass is 10.0. The molecule has 2 aliphatic rings. The highest BCUT2D eigenvalue weighted by atomic mass is 32.2. The van der Waals surface area contributed by atoms with E-state index < -0.39 is 10.0 Å². The van der Waals surface area contributed by atoms with Crippen molar-refractivity contribution in [1.82, 2.24) is 13.9 Å². The van der Waals surface area contributed by atoms with Crippen LogP contribution in [0.1, 0.15) is 18.4 Å². The Morgan fingerprint density at radius 2 is 2.12 bits per heavy atom. The molecular weight excluding hydrogens is 370 g/mol. The molecule has 0 aliphatic carbocycles. The number of nitrogens with zero attached hydrogens (tertiary/aromatic N) is 3. The Balaban J connectivity index is 1.37. The minimum absolute atomic E-state index is 0.391. The number of fused-ring (bicyclic) bond motifs is 1. The van der Waals surface area contributed by atoms with E-state index in [0.717, 1.165) is 41.5 Å². The Morgan fingerprint density at radius 1 is 1.31 bits per heavy atom. The second-order valence-electron chi connectivity index (χ2n) is 6.85. The predicted octanol–water partition coefficient (Wildman–Crippen LogP) is 2.55. The molecule has 0 amide bonds. The normalized spacial score (nSPS) is 18.7. The molecule has 0 saturated carbocycles. The van der Waals surface area contributed by atoms with Gasteiger partial charge in [-0.05, 0) is 42.5 Å². The largest absolute Gasteiger partial charge is 0.493 e. The summed E-state index contributed by atoms with van der Waals surface area (Å²) in [7, 11) is -1.43. The Labute approximate surface area is 158 Å². The van der Waals surface area contributed by atoms with Gasteiger partial charge in [-0.2, -0.15) is 4.31 Å². The summed E-state index contributed by atoms with van der Waals surface area (Å²) in [5.41, 5.74) is 0.993. The van der Waals surface area contributed by atoms with Gasteiger partial charge in [0.2, 0.25) is 10.0 Å². The van der Waals surface area contributed by atoms with Crippen molar-refractivity contribution in [3.05, 3.63) is 36.2 Å². The zero-order chi connectivity index (χ0) is 18.1. The second-order valence-corrected chi connectivity index (χ2v) is 9.77. The SMILES string of the molecule is Cn1ccnc1SCC1CCN(S(=O)(=O)c2ccc3c(c2)CCO3)CC1. The first-order valence-electron chi connectivity index (χ1n) is 8.90. The van der Waals surface area contributed by atoms with Gasteiger partial charge in [0.05, 0.1) is 11.5 Å². The predicted molar refractivity (Wildman–Crippen MR) is 101 cm³/mol. The molecule has 2 aromatic rings. The maximum Gasteiger partial charge on any atom is 0.243 e. The first-order chi connectivity index (χ1) is 12.5. The summed E-state index contributed by atoms with van der Waals surface area (Å²) in [4.78, 5) is 4.72. The van der Waals surface area contributed by atoms with Crippen LogP contribution in [0.4, 0.5) is 0 Å². The summed E-state index contributed by atoms with van der Waals surface area (Å²) in [6.07, 6.45) is 6.32.